The van der Waals surface area contributed by atoms with Crippen molar-refractivity contribution in [1.82, 2.24) is 5.32 Å². The van der Waals surface area contributed by atoms with Crippen molar-refractivity contribution in [1.29, 1.82) is 0 Å². The number of rotatable bonds is 4. The highest BCUT2D eigenvalue weighted by Gasteiger charge is 2.44. The maximum absolute atomic E-state index is 5.97. The third-order valence-corrected chi connectivity index (χ3v) is 4.61. The second-order valence-electron chi connectivity index (χ2n) is 4.87. The first-order valence-electron chi connectivity index (χ1n) is 6.29. The molecule has 3 heteroatoms. The van der Waals surface area contributed by atoms with Crippen LogP contribution in [0.3, 0.4) is 0 Å². The second-order valence-corrected chi connectivity index (χ2v) is 5.65. The van der Waals surface area contributed by atoms with Crippen LogP contribution in [0.4, 0.5) is 0 Å². The van der Waals surface area contributed by atoms with Crippen molar-refractivity contribution in [2.24, 2.45) is 5.92 Å². The van der Waals surface area contributed by atoms with Crippen molar-refractivity contribution < 1.29 is 4.74 Å². The number of nitrogens with one attached hydrogen (secondary N) is 1. The summed E-state index contributed by atoms with van der Waals surface area (Å²) in [7, 11) is 0. The molecule has 4 unspecified atom stereocenters. The van der Waals surface area contributed by atoms with E-state index in [-0.39, 0.29) is 0 Å². The standard InChI is InChI=1S/C13H19NOS/c1-2-14-13(9-5-6-16-8-9)11-7-10-3-4-12(11)15-10/h5-6,8,10-14H,2-4,7H2,1H3. The van der Waals surface area contributed by atoms with Gasteiger partial charge in [-0.25, -0.2) is 0 Å². The zero-order chi connectivity index (χ0) is 11.0. The fraction of sp³-hybridized carbons (Fsp3) is 0.692. The summed E-state index contributed by atoms with van der Waals surface area (Å²) in [6.07, 6.45) is 4.85. The van der Waals surface area contributed by atoms with Gasteiger partial charge < -0.3 is 10.1 Å². The average molecular weight is 237 g/mol. The smallest absolute Gasteiger partial charge is 0.0627 e. The van der Waals surface area contributed by atoms with Crippen molar-refractivity contribution in [3.8, 4) is 0 Å². The molecule has 3 rings (SSSR count). The topological polar surface area (TPSA) is 21.3 Å². The third kappa shape index (κ3) is 1.81. The lowest BCUT2D eigenvalue weighted by Gasteiger charge is -2.28. The lowest BCUT2D eigenvalue weighted by molar-refractivity contribution is 0.0858. The summed E-state index contributed by atoms with van der Waals surface area (Å²) < 4.78 is 5.97. The van der Waals surface area contributed by atoms with Crippen LogP contribution in [0.15, 0.2) is 16.8 Å². The Bertz CT molecular complexity index is 338. The summed E-state index contributed by atoms with van der Waals surface area (Å²) in [4.78, 5) is 0. The summed E-state index contributed by atoms with van der Waals surface area (Å²) >= 11 is 1.79. The summed E-state index contributed by atoms with van der Waals surface area (Å²) in [5, 5.41) is 8.09. The SMILES string of the molecule is CCNC(c1ccsc1)C1CC2CCC1O2. The Hall–Kier alpha value is -0.380. The van der Waals surface area contributed by atoms with Gasteiger partial charge in [-0.3, -0.25) is 0 Å². The van der Waals surface area contributed by atoms with E-state index in [0.29, 0.717) is 24.2 Å². The molecule has 16 heavy (non-hydrogen) atoms. The molecule has 0 spiro atoms. The predicted octanol–water partition coefficient (Wildman–Crippen LogP) is 2.97. The molecule has 1 aromatic rings. The second kappa shape index (κ2) is 4.47. The van der Waals surface area contributed by atoms with Gasteiger partial charge in [-0.05, 0) is 48.2 Å². The Morgan fingerprint density at radius 2 is 2.50 bits per heavy atom. The van der Waals surface area contributed by atoms with Crippen LogP contribution in [0.2, 0.25) is 0 Å². The van der Waals surface area contributed by atoms with Gasteiger partial charge in [-0.15, -0.1) is 0 Å². The normalized spacial score (nSPS) is 34.4. The van der Waals surface area contributed by atoms with Crippen LogP contribution >= 0.6 is 11.3 Å². The number of hydrogen-bond acceptors (Lipinski definition) is 3. The molecule has 0 amide bonds. The van der Waals surface area contributed by atoms with Crippen LogP contribution < -0.4 is 5.32 Å². The third-order valence-electron chi connectivity index (χ3n) is 3.91. The maximum Gasteiger partial charge on any atom is 0.0627 e. The van der Waals surface area contributed by atoms with E-state index in [9.17, 15) is 0 Å². The zero-order valence-electron chi connectivity index (χ0n) is 9.69. The lowest BCUT2D eigenvalue weighted by Crippen LogP contribution is -2.33. The molecule has 2 bridgehead atoms. The first-order chi connectivity index (χ1) is 7.88. The van der Waals surface area contributed by atoms with Crippen molar-refractivity contribution in [2.75, 3.05) is 6.54 Å². The molecule has 2 aliphatic rings. The molecule has 0 saturated carbocycles. The van der Waals surface area contributed by atoms with E-state index < -0.39 is 0 Å². The van der Waals surface area contributed by atoms with E-state index in [1.165, 1.54) is 24.8 Å². The van der Waals surface area contributed by atoms with Crippen molar-refractivity contribution >= 4 is 11.3 Å². The summed E-state index contributed by atoms with van der Waals surface area (Å²) in [5.41, 5.74) is 1.45. The molecule has 1 N–H and O–H groups in total. The minimum Gasteiger partial charge on any atom is -0.375 e. The van der Waals surface area contributed by atoms with Gasteiger partial charge in [0.15, 0.2) is 0 Å². The first-order valence-corrected chi connectivity index (χ1v) is 7.23. The fourth-order valence-electron chi connectivity index (χ4n) is 3.22. The van der Waals surface area contributed by atoms with Crippen molar-refractivity contribution in [3.05, 3.63) is 22.4 Å². The zero-order valence-corrected chi connectivity index (χ0v) is 10.5. The van der Waals surface area contributed by atoms with E-state index in [1.54, 1.807) is 11.3 Å². The number of ether oxygens (including phenoxy) is 1. The molecule has 1 aromatic heterocycles. The molecule has 0 aromatic carbocycles. The van der Waals surface area contributed by atoms with Crippen molar-refractivity contribution in [3.63, 3.8) is 0 Å². The maximum atomic E-state index is 5.97. The van der Waals surface area contributed by atoms with Crippen LogP contribution in [0.1, 0.15) is 37.8 Å². The quantitative estimate of drug-likeness (QED) is 0.869. The molecule has 2 fully saturated rings. The molecule has 3 heterocycles. The van der Waals surface area contributed by atoms with Crippen LogP contribution in [0.5, 0.6) is 0 Å². The number of fused-ring (bicyclic) bond motifs is 2. The molecule has 2 aliphatic heterocycles. The van der Waals surface area contributed by atoms with Gasteiger partial charge in [-0.2, -0.15) is 11.3 Å². The van der Waals surface area contributed by atoms with E-state index in [4.69, 9.17) is 4.74 Å². The van der Waals surface area contributed by atoms with Gasteiger partial charge in [0, 0.05) is 12.0 Å². The minimum absolute atomic E-state index is 0.506. The summed E-state index contributed by atoms with van der Waals surface area (Å²) in [5.74, 6) is 0.688. The van der Waals surface area contributed by atoms with E-state index in [0.717, 1.165) is 6.54 Å². The summed E-state index contributed by atoms with van der Waals surface area (Å²) in [6, 6.07) is 2.76. The molecule has 2 nitrogen and oxygen atoms in total. The van der Waals surface area contributed by atoms with Gasteiger partial charge in [0.25, 0.3) is 0 Å². The highest BCUT2D eigenvalue weighted by Crippen LogP contribution is 2.44. The Morgan fingerprint density at radius 1 is 1.56 bits per heavy atom. The molecule has 0 radical (unpaired) electrons. The van der Waals surface area contributed by atoms with Crippen LogP contribution in [0.25, 0.3) is 0 Å². The van der Waals surface area contributed by atoms with Crippen molar-refractivity contribution in [2.45, 2.75) is 44.4 Å². The molecule has 4 atom stereocenters. The Morgan fingerprint density at radius 3 is 3.06 bits per heavy atom. The molecule has 88 valence electrons. The Balaban J connectivity index is 1.78. The Labute approximate surface area is 101 Å². The molecular formula is C13H19NOS. The molecular weight excluding hydrogens is 218 g/mol. The Kier molecular flexibility index (Phi) is 3.01. The van der Waals surface area contributed by atoms with E-state index in [1.807, 2.05) is 0 Å². The minimum atomic E-state index is 0.506. The highest BCUT2D eigenvalue weighted by atomic mass is 32.1. The van der Waals surface area contributed by atoms with Crippen LogP contribution in [-0.2, 0) is 4.74 Å². The van der Waals surface area contributed by atoms with Gasteiger partial charge >= 0.3 is 0 Å². The van der Waals surface area contributed by atoms with Gasteiger partial charge in [-0.1, -0.05) is 6.92 Å². The first kappa shape index (κ1) is 10.8. The fourth-order valence-corrected chi connectivity index (χ4v) is 3.91. The van der Waals surface area contributed by atoms with Gasteiger partial charge in [0.2, 0.25) is 0 Å². The lowest BCUT2D eigenvalue weighted by atomic mass is 9.81. The number of thiophene rings is 1. The predicted molar refractivity (Wildman–Crippen MR) is 66.7 cm³/mol. The monoisotopic (exact) mass is 237 g/mol. The average Bonchev–Trinajstić information content (AvgIpc) is 3.01. The summed E-state index contributed by atoms with van der Waals surface area (Å²) in [6.45, 7) is 3.22. The van der Waals surface area contributed by atoms with E-state index >= 15 is 0 Å². The largest absolute Gasteiger partial charge is 0.375 e. The molecule has 0 aliphatic carbocycles. The highest BCUT2D eigenvalue weighted by molar-refractivity contribution is 7.07. The van der Waals surface area contributed by atoms with Gasteiger partial charge in [0.1, 0.15) is 0 Å². The molecule has 2 saturated heterocycles. The van der Waals surface area contributed by atoms with Gasteiger partial charge in [0.05, 0.1) is 12.2 Å². The van der Waals surface area contributed by atoms with E-state index in [2.05, 4.69) is 29.1 Å². The number of hydrogen-bond donors (Lipinski definition) is 1. The van der Waals surface area contributed by atoms with Crippen LogP contribution in [0, 0.1) is 5.92 Å². The van der Waals surface area contributed by atoms with Crippen LogP contribution in [-0.4, -0.2) is 18.8 Å².